The van der Waals surface area contributed by atoms with Crippen molar-refractivity contribution in [1.29, 1.82) is 0 Å². The predicted octanol–water partition coefficient (Wildman–Crippen LogP) is 3.13. The van der Waals surface area contributed by atoms with Crippen LogP contribution in [0, 0.1) is 0 Å². The zero-order valence-electron chi connectivity index (χ0n) is 17.3. The summed E-state index contributed by atoms with van der Waals surface area (Å²) in [4.78, 5) is 27.6. The minimum atomic E-state index is -0.557. The van der Waals surface area contributed by atoms with Gasteiger partial charge in [0.25, 0.3) is 0 Å². The number of carbonyl (C=O) groups is 2. The summed E-state index contributed by atoms with van der Waals surface area (Å²) in [5.41, 5.74) is 1.92. The number of esters is 1. The second kappa shape index (κ2) is 10.3. The van der Waals surface area contributed by atoms with E-state index in [4.69, 9.17) is 9.47 Å². The molecule has 1 fully saturated rings. The average Bonchev–Trinajstić information content (AvgIpc) is 2.69. The maximum Gasteiger partial charge on any atom is 0.338 e. The molecule has 158 valence electrons. The lowest BCUT2D eigenvalue weighted by atomic mass is 9.94. The molecule has 2 aliphatic heterocycles. The van der Waals surface area contributed by atoms with Gasteiger partial charge in [-0.15, -0.1) is 0 Å². The zero-order chi connectivity index (χ0) is 20.6. The Balaban J connectivity index is 1.93. The lowest BCUT2D eigenvalue weighted by Gasteiger charge is -2.32. The lowest BCUT2D eigenvalue weighted by Crippen LogP contribution is -2.48. The molecule has 0 unspecified atom stereocenters. The van der Waals surface area contributed by atoms with Gasteiger partial charge in [-0.05, 0) is 50.6 Å². The van der Waals surface area contributed by atoms with E-state index in [-0.39, 0.29) is 12.6 Å². The smallest absolute Gasteiger partial charge is 0.338 e. The highest BCUT2D eigenvalue weighted by Gasteiger charge is 2.34. The van der Waals surface area contributed by atoms with Crippen LogP contribution in [0.3, 0.4) is 0 Å². The highest BCUT2D eigenvalue weighted by molar-refractivity contribution is 5.95. The molecule has 0 aliphatic carbocycles. The fraction of sp³-hybridized carbons (Fsp3) is 0.545. The van der Waals surface area contributed by atoms with Gasteiger partial charge in [-0.2, -0.15) is 0 Å². The number of nitrogens with one attached hydrogen (secondary N) is 2. The third-order valence-corrected chi connectivity index (χ3v) is 5.43. The number of hydrogen-bond acceptors (Lipinski definition) is 5. The van der Waals surface area contributed by atoms with Crippen LogP contribution in [0.1, 0.15) is 50.6 Å². The number of ether oxygens (including phenoxy) is 2. The normalized spacial score (nSPS) is 20.9. The topological polar surface area (TPSA) is 79.9 Å². The van der Waals surface area contributed by atoms with Crippen LogP contribution < -0.4 is 15.4 Å². The van der Waals surface area contributed by atoms with Crippen LogP contribution in [0.2, 0.25) is 0 Å². The second-order valence-corrected chi connectivity index (χ2v) is 7.46. The Morgan fingerprint density at radius 2 is 1.76 bits per heavy atom. The van der Waals surface area contributed by atoms with Crippen molar-refractivity contribution in [3.8, 4) is 5.75 Å². The number of urea groups is 1. The second-order valence-electron chi connectivity index (χ2n) is 7.46. The first-order chi connectivity index (χ1) is 14.1. The molecule has 1 aromatic rings. The highest BCUT2D eigenvalue weighted by atomic mass is 16.5. The summed E-state index contributed by atoms with van der Waals surface area (Å²) in [5.74, 6) is 0.319. The van der Waals surface area contributed by atoms with Crippen molar-refractivity contribution in [3.63, 3.8) is 0 Å². The molecule has 0 saturated carbocycles. The summed E-state index contributed by atoms with van der Waals surface area (Å²) in [6, 6.07) is 6.51. The Bertz CT molecular complexity index is 737. The van der Waals surface area contributed by atoms with Crippen LogP contribution in [0.25, 0.3) is 0 Å². The van der Waals surface area contributed by atoms with Gasteiger partial charge in [-0.25, -0.2) is 9.59 Å². The molecule has 1 saturated heterocycles. The van der Waals surface area contributed by atoms with E-state index in [0.29, 0.717) is 17.8 Å². The molecular formula is C22H31N3O4. The fourth-order valence-corrected chi connectivity index (χ4v) is 3.93. The molecule has 0 radical (unpaired) electrons. The van der Waals surface area contributed by atoms with Gasteiger partial charge in [0.2, 0.25) is 0 Å². The molecule has 0 bridgehead atoms. The van der Waals surface area contributed by atoms with Crippen molar-refractivity contribution < 1.29 is 19.1 Å². The summed E-state index contributed by atoms with van der Waals surface area (Å²) in [6.07, 6.45) is 6.00. The number of likely N-dealkylation sites (tertiary alicyclic amines) is 1. The molecule has 7 nitrogen and oxygen atoms in total. The Kier molecular flexibility index (Phi) is 7.52. The number of methoxy groups -OCH3 is 1. The summed E-state index contributed by atoms with van der Waals surface area (Å²) < 4.78 is 10.6. The molecule has 2 N–H and O–H groups in total. The number of rotatable bonds is 6. The monoisotopic (exact) mass is 401 g/mol. The predicted molar refractivity (Wildman–Crippen MR) is 111 cm³/mol. The number of amides is 2. The molecule has 0 aromatic heterocycles. The molecule has 7 heteroatoms. The number of nitrogens with zero attached hydrogens (tertiary/aromatic N) is 1. The van der Waals surface area contributed by atoms with Crippen molar-refractivity contribution in [2.75, 3.05) is 33.4 Å². The van der Waals surface area contributed by atoms with E-state index in [1.165, 1.54) is 19.3 Å². The van der Waals surface area contributed by atoms with Crippen LogP contribution in [0.15, 0.2) is 35.5 Å². The van der Waals surface area contributed by atoms with E-state index in [2.05, 4.69) is 15.5 Å². The first-order valence-electron chi connectivity index (χ1n) is 10.5. The summed E-state index contributed by atoms with van der Waals surface area (Å²) in [5, 5.41) is 5.75. The van der Waals surface area contributed by atoms with Crippen molar-refractivity contribution in [3.05, 3.63) is 41.1 Å². The molecule has 1 atom stereocenters. The maximum absolute atomic E-state index is 12.9. The maximum atomic E-state index is 12.9. The zero-order valence-corrected chi connectivity index (χ0v) is 17.3. The molecule has 1 aromatic carbocycles. The van der Waals surface area contributed by atoms with E-state index in [0.717, 1.165) is 37.2 Å². The third kappa shape index (κ3) is 5.50. The van der Waals surface area contributed by atoms with Crippen molar-refractivity contribution in [2.45, 2.75) is 45.1 Å². The fourth-order valence-electron chi connectivity index (χ4n) is 3.93. The van der Waals surface area contributed by atoms with Crippen molar-refractivity contribution in [2.24, 2.45) is 0 Å². The van der Waals surface area contributed by atoms with Crippen LogP contribution in [0.4, 0.5) is 4.79 Å². The van der Waals surface area contributed by atoms with Crippen LogP contribution in [-0.2, 0) is 9.53 Å². The summed E-state index contributed by atoms with van der Waals surface area (Å²) in [6.45, 7) is 4.54. The van der Waals surface area contributed by atoms with Gasteiger partial charge in [-0.1, -0.05) is 31.4 Å². The summed E-state index contributed by atoms with van der Waals surface area (Å²) in [7, 11) is 1.60. The Hall–Kier alpha value is -2.54. The Morgan fingerprint density at radius 3 is 2.38 bits per heavy atom. The third-order valence-electron chi connectivity index (χ3n) is 5.43. The van der Waals surface area contributed by atoms with Gasteiger partial charge in [-0.3, -0.25) is 4.90 Å². The van der Waals surface area contributed by atoms with Crippen molar-refractivity contribution in [1.82, 2.24) is 15.5 Å². The Labute approximate surface area is 172 Å². The standard InChI is InChI=1S/C22H31N3O4/c1-3-29-21(26)19-18(15-25-13-7-5-4-6-8-14-25)23-22(27)24-20(19)16-9-11-17(28-2)12-10-16/h9-12,20H,3-8,13-15H2,1-2H3,(H2,23,24,27)/t20-/m1/s1. The van der Waals surface area contributed by atoms with Gasteiger partial charge in [0.15, 0.2) is 0 Å². The average molecular weight is 402 g/mol. The first kappa shape index (κ1) is 21.2. The molecule has 2 aliphatic rings. The van der Waals surface area contributed by atoms with Gasteiger partial charge in [0.05, 0.1) is 25.3 Å². The molecule has 0 spiro atoms. The molecule has 3 rings (SSSR count). The Morgan fingerprint density at radius 1 is 1.10 bits per heavy atom. The number of carbonyl (C=O) groups excluding carboxylic acids is 2. The van der Waals surface area contributed by atoms with Crippen LogP contribution in [-0.4, -0.2) is 50.3 Å². The van der Waals surface area contributed by atoms with E-state index >= 15 is 0 Å². The van der Waals surface area contributed by atoms with Crippen molar-refractivity contribution >= 4 is 12.0 Å². The molecule has 29 heavy (non-hydrogen) atoms. The lowest BCUT2D eigenvalue weighted by molar-refractivity contribution is -0.139. The number of benzene rings is 1. The highest BCUT2D eigenvalue weighted by Crippen LogP contribution is 2.29. The van der Waals surface area contributed by atoms with Gasteiger partial charge in [0, 0.05) is 12.2 Å². The number of hydrogen-bond donors (Lipinski definition) is 2. The minimum absolute atomic E-state index is 0.280. The van der Waals surface area contributed by atoms with E-state index in [1.807, 2.05) is 24.3 Å². The van der Waals surface area contributed by atoms with Crippen LogP contribution in [0.5, 0.6) is 5.75 Å². The van der Waals surface area contributed by atoms with Gasteiger partial charge < -0.3 is 20.1 Å². The summed E-state index contributed by atoms with van der Waals surface area (Å²) >= 11 is 0. The van der Waals surface area contributed by atoms with E-state index < -0.39 is 12.0 Å². The molecule has 2 amide bonds. The van der Waals surface area contributed by atoms with Crippen LogP contribution >= 0.6 is 0 Å². The van der Waals surface area contributed by atoms with E-state index in [9.17, 15) is 9.59 Å². The van der Waals surface area contributed by atoms with Gasteiger partial charge in [0.1, 0.15) is 5.75 Å². The molecule has 2 heterocycles. The quantitative estimate of drug-likeness (QED) is 0.716. The van der Waals surface area contributed by atoms with Gasteiger partial charge >= 0.3 is 12.0 Å². The SMILES string of the molecule is CCOC(=O)C1=C(CN2CCCCCCC2)NC(=O)N[C@@H]1c1ccc(OC)cc1. The largest absolute Gasteiger partial charge is 0.497 e. The molecular weight excluding hydrogens is 370 g/mol. The minimum Gasteiger partial charge on any atom is -0.497 e. The van der Waals surface area contributed by atoms with E-state index in [1.54, 1.807) is 14.0 Å². The first-order valence-corrected chi connectivity index (χ1v) is 10.5.